The van der Waals surface area contributed by atoms with Crippen molar-refractivity contribution in [2.24, 2.45) is 0 Å². The largest absolute Gasteiger partial charge is 0.494 e. The lowest BCUT2D eigenvalue weighted by atomic mass is 9.90. The van der Waals surface area contributed by atoms with Crippen LogP contribution < -0.4 is 10.1 Å². The second kappa shape index (κ2) is 8.15. The third-order valence-corrected chi connectivity index (χ3v) is 3.45. The molecule has 0 aliphatic heterocycles. The first-order valence-corrected chi connectivity index (χ1v) is 7.12. The van der Waals surface area contributed by atoms with Crippen molar-refractivity contribution >= 4 is 0 Å². The van der Waals surface area contributed by atoms with E-state index >= 15 is 0 Å². The molecule has 0 bridgehead atoms. The Kier molecular flexibility index (Phi) is 6.81. The molecular weight excluding hydrogens is 222 g/mol. The Morgan fingerprint density at radius 2 is 1.78 bits per heavy atom. The maximum atomic E-state index is 5.61. The maximum absolute atomic E-state index is 5.61. The van der Waals surface area contributed by atoms with Crippen LogP contribution in [0.25, 0.3) is 0 Å². The van der Waals surface area contributed by atoms with Crippen LogP contribution in [0.4, 0.5) is 0 Å². The molecular formula is C16H27NO. The van der Waals surface area contributed by atoms with E-state index < -0.39 is 0 Å². The van der Waals surface area contributed by atoms with Gasteiger partial charge in [0.25, 0.3) is 0 Å². The summed E-state index contributed by atoms with van der Waals surface area (Å²) < 4.78 is 5.61. The van der Waals surface area contributed by atoms with E-state index in [0.717, 1.165) is 18.8 Å². The highest BCUT2D eigenvalue weighted by molar-refractivity contribution is 5.30. The quantitative estimate of drug-likeness (QED) is 0.753. The standard InChI is InChI=1S/C16H27NO/c1-5-7-16(17-4)13(3)14-8-10-15(11-9-14)18-12-6-2/h8-11,13,16-17H,5-7,12H2,1-4H3. The smallest absolute Gasteiger partial charge is 0.119 e. The summed E-state index contributed by atoms with van der Waals surface area (Å²) in [5, 5.41) is 3.42. The highest BCUT2D eigenvalue weighted by atomic mass is 16.5. The predicted molar refractivity (Wildman–Crippen MR) is 78.4 cm³/mol. The second-order valence-electron chi connectivity index (χ2n) is 4.89. The zero-order valence-corrected chi connectivity index (χ0v) is 12.2. The summed E-state index contributed by atoms with van der Waals surface area (Å²) in [5.41, 5.74) is 1.38. The monoisotopic (exact) mass is 249 g/mol. The van der Waals surface area contributed by atoms with Gasteiger partial charge in [-0.15, -0.1) is 0 Å². The minimum absolute atomic E-state index is 0.537. The van der Waals surface area contributed by atoms with Gasteiger partial charge in [0.15, 0.2) is 0 Å². The van der Waals surface area contributed by atoms with E-state index in [4.69, 9.17) is 4.74 Å². The predicted octanol–water partition coefficient (Wildman–Crippen LogP) is 3.97. The van der Waals surface area contributed by atoms with Gasteiger partial charge in [-0.25, -0.2) is 0 Å². The molecule has 0 fully saturated rings. The van der Waals surface area contributed by atoms with Gasteiger partial charge in [0.2, 0.25) is 0 Å². The lowest BCUT2D eigenvalue weighted by Gasteiger charge is -2.23. The molecule has 1 rings (SSSR count). The number of benzene rings is 1. The summed E-state index contributed by atoms with van der Waals surface area (Å²) in [6.07, 6.45) is 3.48. The van der Waals surface area contributed by atoms with Crippen LogP contribution in [0.5, 0.6) is 5.75 Å². The van der Waals surface area contributed by atoms with Gasteiger partial charge in [0, 0.05) is 6.04 Å². The topological polar surface area (TPSA) is 21.3 Å². The van der Waals surface area contributed by atoms with E-state index in [1.165, 1.54) is 18.4 Å². The molecule has 0 aliphatic rings. The van der Waals surface area contributed by atoms with Crippen molar-refractivity contribution < 1.29 is 4.74 Å². The van der Waals surface area contributed by atoms with E-state index in [9.17, 15) is 0 Å². The van der Waals surface area contributed by atoms with Gasteiger partial charge in [-0.1, -0.05) is 39.3 Å². The Morgan fingerprint density at radius 1 is 1.11 bits per heavy atom. The lowest BCUT2D eigenvalue weighted by Crippen LogP contribution is -2.30. The number of likely N-dealkylation sites (N-methyl/N-ethyl adjacent to an activating group) is 1. The molecule has 0 spiro atoms. The summed E-state index contributed by atoms with van der Waals surface area (Å²) >= 11 is 0. The van der Waals surface area contributed by atoms with Crippen molar-refractivity contribution in [2.75, 3.05) is 13.7 Å². The molecule has 1 N–H and O–H groups in total. The van der Waals surface area contributed by atoms with Crippen molar-refractivity contribution in [3.8, 4) is 5.75 Å². The number of rotatable bonds is 8. The molecule has 2 nitrogen and oxygen atoms in total. The summed E-state index contributed by atoms with van der Waals surface area (Å²) in [4.78, 5) is 0. The number of hydrogen-bond acceptors (Lipinski definition) is 2. The SMILES string of the molecule is CCCOc1ccc(C(C)C(CCC)NC)cc1. The summed E-state index contributed by atoms with van der Waals surface area (Å²) in [6, 6.07) is 9.10. The average Bonchev–Trinajstić information content (AvgIpc) is 2.42. The fourth-order valence-corrected chi connectivity index (χ4v) is 2.28. The maximum Gasteiger partial charge on any atom is 0.119 e. The Labute approximate surface area is 112 Å². The van der Waals surface area contributed by atoms with Crippen LogP contribution in [0.1, 0.15) is 51.5 Å². The molecule has 0 saturated carbocycles. The van der Waals surface area contributed by atoms with Gasteiger partial charge in [-0.3, -0.25) is 0 Å². The third kappa shape index (κ3) is 4.34. The van der Waals surface area contributed by atoms with Crippen molar-refractivity contribution in [3.63, 3.8) is 0 Å². The van der Waals surface area contributed by atoms with Gasteiger partial charge in [-0.2, -0.15) is 0 Å². The van der Waals surface area contributed by atoms with Crippen molar-refractivity contribution in [2.45, 2.75) is 52.0 Å². The van der Waals surface area contributed by atoms with E-state index in [1.807, 2.05) is 0 Å². The molecule has 0 amide bonds. The van der Waals surface area contributed by atoms with Crippen LogP contribution in [0.2, 0.25) is 0 Å². The highest BCUT2D eigenvalue weighted by Crippen LogP contribution is 2.24. The minimum atomic E-state index is 0.537. The number of nitrogens with one attached hydrogen (secondary N) is 1. The Balaban J connectivity index is 2.65. The molecule has 0 aliphatic carbocycles. The average molecular weight is 249 g/mol. The zero-order valence-electron chi connectivity index (χ0n) is 12.2. The molecule has 0 saturated heterocycles. The van der Waals surface area contributed by atoms with Crippen LogP contribution in [-0.2, 0) is 0 Å². The molecule has 2 atom stereocenters. The molecule has 1 aromatic carbocycles. The van der Waals surface area contributed by atoms with Gasteiger partial charge < -0.3 is 10.1 Å². The van der Waals surface area contributed by atoms with Gasteiger partial charge in [-0.05, 0) is 43.5 Å². The van der Waals surface area contributed by atoms with Gasteiger partial charge >= 0.3 is 0 Å². The Hall–Kier alpha value is -1.02. The first-order valence-electron chi connectivity index (χ1n) is 7.12. The van der Waals surface area contributed by atoms with Crippen LogP contribution in [0.3, 0.4) is 0 Å². The number of ether oxygens (including phenoxy) is 1. The fourth-order valence-electron chi connectivity index (χ4n) is 2.28. The normalized spacial score (nSPS) is 14.2. The van der Waals surface area contributed by atoms with Crippen molar-refractivity contribution in [1.29, 1.82) is 0 Å². The summed E-state index contributed by atoms with van der Waals surface area (Å²) in [6.45, 7) is 7.44. The van der Waals surface area contributed by atoms with Crippen LogP contribution in [0.15, 0.2) is 24.3 Å². The molecule has 0 aromatic heterocycles. The first-order chi connectivity index (χ1) is 8.72. The molecule has 18 heavy (non-hydrogen) atoms. The van der Waals surface area contributed by atoms with Crippen LogP contribution in [-0.4, -0.2) is 19.7 Å². The van der Waals surface area contributed by atoms with E-state index in [2.05, 4.69) is 57.4 Å². The summed E-state index contributed by atoms with van der Waals surface area (Å²) in [5.74, 6) is 1.51. The van der Waals surface area contributed by atoms with E-state index in [1.54, 1.807) is 0 Å². The fraction of sp³-hybridized carbons (Fsp3) is 0.625. The van der Waals surface area contributed by atoms with Crippen LogP contribution >= 0.6 is 0 Å². The van der Waals surface area contributed by atoms with Gasteiger partial charge in [0.05, 0.1) is 6.61 Å². The lowest BCUT2D eigenvalue weighted by molar-refractivity contribution is 0.317. The summed E-state index contributed by atoms with van der Waals surface area (Å²) in [7, 11) is 2.05. The number of hydrogen-bond donors (Lipinski definition) is 1. The second-order valence-corrected chi connectivity index (χ2v) is 4.89. The van der Waals surface area contributed by atoms with E-state index in [0.29, 0.717) is 12.0 Å². The molecule has 1 aromatic rings. The Bertz CT molecular complexity index is 320. The molecule has 0 radical (unpaired) electrons. The van der Waals surface area contributed by atoms with Crippen molar-refractivity contribution in [1.82, 2.24) is 5.32 Å². The molecule has 0 heterocycles. The van der Waals surface area contributed by atoms with E-state index in [-0.39, 0.29) is 0 Å². The highest BCUT2D eigenvalue weighted by Gasteiger charge is 2.16. The Morgan fingerprint density at radius 3 is 2.28 bits per heavy atom. The first kappa shape index (κ1) is 15.0. The molecule has 2 heteroatoms. The third-order valence-electron chi connectivity index (χ3n) is 3.45. The molecule has 2 unspecified atom stereocenters. The van der Waals surface area contributed by atoms with Crippen LogP contribution in [0, 0.1) is 0 Å². The van der Waals surface area contributed by atoms with Crippen molar-refractivity contribution in [3.05, 3.63) is 29.8 Å². The minimum Gasteiger partial charge on any atom is -0.494 e. The van der Waals surface area contributed by atoms with Gasteiger partial charge in [0.1, 0.15) is 5.75 Å². The molecule has 102 valence electrons. The zero-order chi connectivity index (χ0) is 13.4.